The molecule has 2 N–H and O–H groups in total. The molecule has 2 atom stereocenters. The van der Waals surface area contributed by atoms with Crippen molar-refractivity contribution in [3.63, 3.8) is 0 Å². The minimum atomic E-state index is 0.162. The van der Waals surface area contributed by atoms with Gasteiger partial charge in [0.05, 0.1) is 0 Å². The highest BCUT2D eigenvalue weighted by Gasteiger charge is 2.28. The van der Waals surface area contributed by atoms with Gasteiger partial charge in [-0.1, -0.05) is 30.7 Å². The number of carbonyl (C=O) groups is 1. The van der Waals surface area contributed by atoms with Crippen molar-refractivity contribution in [1.82, 2.24) is 0 Å². The van der Waals surface area contributed by atoms with Gasteiger partial charge in [-0.2, -0.15) is 0 Å². The average Bonchev–Trinajstić information content (AvgIpc) is 2.74. The summed E-state index contributed by atoms with van der Waals surface area (Å²) < 4.78 is 0. The summed E-state index contributed by atoms with van der Waals surface area (Å²) in [5.74, 6) is 1.20. The van der Waals surface area contributed by atoms with Crippen molar-refractivity contribution < 1.29 is 4.79 Å². The Balaban J connectivity index is 1.70. The number of Topliss-reactive ketones (excluding diaryl/α,β-unsaturated/α-hetero) is 1. The highest BCUT2D eigenvalue weighted by molar-refractivity contribution is 5.98. The average molecular weight is 243 g/mol. The van der Waals surface area contributed by atoms with Crippen LogP contribution in [0.3, 0.4) is 0 Å². The molecule has 2 aliphatic rings. The summed E-state index contributed by atoms with van der Waals surface area (Å²) in [5.41, 5.74) is 8.15. The van der Waals surface area contributed by atoms with Crippen molar-refractivity contribution in [2.45, 2.75) is 50.5 Å². The Bertz CT molecular complexity index is 433. The zero-order valence-electron chi connectivity index (χ0n) is 10.8. The van der Waals surface area contributed by atoms with Gasteiger partial charge in [0.15, 0.2) is 5.78 Å². The number of carbonyl (C=O) groups excluding carboxylic acids is 1. The second-order valence-corrected chi connectivity index (χ2v) is 5.88. The molecule has 0 heterocycles. The molecule has 2 heteroatoms. The van der Waals surface area contributed by atoms with Crippen molar-refractivity contribution in [2.75, 3.05) is 0 Å². The third-order valence-corrected chi connectivity index (χ3v) is 4.62. The van der Waals surface area contributed by atoms with Gasteiger partial charge in [0.25, 0.3) is 0 Å². The van der Waals surface area contributed by atoms with E-state index in [1.807, 2.05) is 12.1 Å². The molecule has 0 spiro atoms. The normalized spacial score (nSPS) is 28.1. The van der Waals surface area contributed by atoms with Crippen molar-refractivity contribution in [3.8, 4) is 0 Å². The molecule has 0 aromatic heterocycles. The smallest absolute Gasteiger partial charge is 0.166 e. The monoisotopic (exact) mass is 243 g/mol. The lowest BCUT2D eigenvalue weighted by Gasteiger charge is -2.25. The van der Waals surface area contributed by atoms with Crippen molar-refractivity contribution >= 4 is 5.78 Å². The lowest BCUT2D eigenvalue weighted by molar-refractivity contribution is 0.0922. The van der Waals surface area contributed by atoms with Crippen LogP contribution < -0.4 is 5.73 Å². The summed E-state index contributed by atoms with van der Waals surface area (Å²) in [5, 5.41) is 0. The van der Waals surface area contributed by atoms with E-state index >= 15 is 0 Å². The van der Waals surface area contributed by atoms with E-state index in [1.165, 1.54) is 24.8 Å². The summed E-state index contributed by atoms with van der Waals surface area (Å²) >= 11 is 0. The number of benzene rings is 1. The zero-order valence-corrected chi connectivity index (χ0v) is 10.8. The van der Waals surface area contributed by atoms with Crippen molar-refractivity contribution in [2.24, 2.45) is 11.7 Å². The first-order valence-corrected chi connectivity index (χ1v) is 7.14. The van der Waals surface area contributed by atoms with E-state index in [4.69, 9.17) is 5.73 Å². The van der Waals surface area contributed by atoms with E-state index in [0.717, 1.165) is 30.7 Å². The fourth-order valence-corrected chi connectivity index (χ4v) is 3.15. The van der Waals surface area contributed by atoms with Gasteiger partial charge in [-0.25, -0.2) is 0 Å². The molecule has 2 unspecified atom stereocenters. The Hall–Kier alpha value is -1.15. The van der Waals surface area contributed by atoms with Gasteiger partial charge in [-0.3, -0.25) is 4.79 Å². The molecule has 2 saturated carbocycles. The molecule has 1 aromatic rings. The van der Waals surface area contributed by atoms with Gasteiger partial charge < -0.3 is 5.73 Å². The molecular weight excluding hydrogens is 222 g/mol. The first kappa shape index (κ1) is 11.9. The van der Waals surface area contributed by atoms with E-state index in [-0.39, 0.29) is 12.0 Å². The molecule has 2 aliphatic carbocycles. The van der Waals surface area contributed by atoms with Crippen molar-refractivity contribution in [3.05, 3.63) is 35.4 Å². The third kappa shape index (κ3) is 2.22. The van der Waals surface area contributed by atoms with Crippen LogP contribution in [0.2, 0.25) is 0 Å². The minimum absolute atomic E-state index is 0.162. The summed E-state index contributed by atoms with van der Waals surface area (Å²) in [6.45, 7) is 0. The first-order chi connectivity index (χ1) is 8.74. The predicted molar refractivity (Wildman–Crippen MR) is 72.7 cm³/mol. The van der Waals surface area contributed by atoms with Crippen LogP contribution in [0, 0.1) is 5.92 Å². The molecule has 0 amide bonds. The lowest BCUT2D eigenvalue weighted by atomic mass is 9.79. The van der Waals surface area contributed by atoms with Crippen LogP contribution in [-0.4, -0.2) is 11.8 Å². The SMILES string of the molecule is NC1CCC(C(=O)c2ccc(C3CCC3)cc2)C1. The maximum absolute atomic E-state index is 12.3. The molecule has 18 heavy (non-hydrogen) atoms. The van der Waals surface area contributed by atoms with E-state index in [9.17, 15) is 4.79 Å². The second-order valence-electron chi connectivity index (χ2n) is 5.88. The summed E-state index contributed by atoms with van der Waals surface area (Å²) in [6.07, 6.45) is 6.80. The second kappa shape index (κ2) is 4.85. The Morgan fingerprint density at radius 1 is 1.06 bits per heavy atom. The van der Waals surface area contributed by atoms with E-state index in [0.29, 0.717) is 5.78 Å². The van der Waals surface area contributed by atoms with Crippen LogP contribution in [0.4, 0.5) is 0 Å². The Kier molecular flexibility index (Phi) is 3.21. The standard InChI is InChI=1S/C16H21NO/c17-15-9-8-14(10-15)16(18)13-6-4-12(5-7-13)11-2-1-3-11/h4-7,11,14-15H,1-3,8-10,17H2. The maximum atomic E-state index is 12.3. The Morgan fingerprint density at radius 2 is 1.78 bits per heavy atom. The van der Waals surface area contributed by atoms with E-state index in [2.05, 4.69) is 12.1 Å². The first-order valence-electron chi connectivity index (χ1n) is 7.14. The highest BCUT2D eigenvalue weighted by atomic mass is 16.1. The number of hydrogen-bond acceptors (Lipinski definition) is 2. The third-order valence-electron chi connectivity index (χ3n) is 4.62. The van der Waals surface area contributed by atoms with Gasteiger partial charge in [0.2, 0.25) is 0 Å². The summed E-state index contributed by atoms with van der Waals surface area (Å²) in [7, 11) is 0. The van der Waals surface area contributed by atoms with E-state index in [1.54, 1.807) is 0 Å². The van der Waals surface area contributed by atoms with Crippen LogP contribution in [-0.2, 0) is 0 Å². The van der Waals surface area contributed by atoms with Gasteiger partial charge in [-0.15, -0.1) is 0 Å². The maximum Gasteiger partial charge on any atom is 0.166 e. The minimum Gasteiger partial charge on any atom is -0.328 e. The van der Waals surface area contributed by atoms with Crippen LogP contribution in [0.1, 0.15) is 60.4 Å². The topological polar surface area (TPSA) is 43.1 Å². The van der Waals surface area contributed by atoms with Gasteiger partial charge >= 0.3 is 0 Å². The van der Waals surface area contributed by atoms with Crippen LogP contribution in [0.15, 0.2) is 24.3 Å². The van der Waals surface area contributed by atoms with E-state index < -0.39 is 0 Å². The van der Waals surface area contributed by atoms with Gasteiger partial charge in [-0.05, 0) is 43.6 Å². The summed E-state index contributed by atoms with van der Waals surface area (Å²) in [4.78, 5) is 12.3. The number of ketones is 1. The predicted octanol–water partition coefficient (Wildman–Crippen LogP) is 3.26. The molecule has 0 radical (unpaired) electrons. The number of rotatable bonds is 3. The molecule has 2 fully saturated rings. The van der Waals surface area contributed by atoms with Gasteiger partial charge in [0, 0.05) is 17.5 Å². The fraction of sp³-hybridized carbons (Fsp3) is 0.562. The highest BCUT2D eigenvalue weighted by Crippen LogP contribution is 2.36. The molecule has 0 saturated heterocycles. The summed E-state index contributed by atoms with van der Waals surface area (Å²) in [6, 6.07) is 8.55. The molecule has 0 aliphatic heterocycles. The Morgan fingerprint density at radius 3 is 2.28 bits per heavy atom. The number of hydrogen-bond donors (Lipinski definition) is 1. The molecule has 1 aromatic carbocycles. The molecular formula is C16H21NO. The largest absolute Gasteiger partial charge is 0.328 e. The number of nitrogens with two attached hydrogens (primary N) is 1. The zero-order chi connectivity index (χ0) is 12.5. The van der Waals surface area contributed by atoms with Gasteiger partial charge in [0.1, 0.15) is 0 Å². The van der Waals surface area contributed by atoms with Crippen LogP contribution >= 0.6 is 0 Å². The fourth-order valence-electron chi connectivity index (χ4n) is 3.15. The lowest BCUT2D eigenvalue weighted by Crippen LogP contribution is -2.18. The molecule has 3 rings (SSSR count). The quantitative estimate of drug-likeness (QED) is 0.828. The van der Waals surface area contributed by atoms with Crippen molar-refractivity contribution in [1.29, 1.82) is 0 Å². The Labute approximate surface area is 109 Å². The molecule has 2 nitrogen and oxygen atoms in total. The molecule has 0 bridgehead atoms. The molecule has 96 valence electrons. The van der Waals surface area contributed by atoms with Crippen LogP contribution in [0.5, 0.6) is 0 Å². The van der Waals surface area contributed by atoms with Crippen LogP contribution in [0.25, 0.3) is 0 Å².